The number of anilines is 2. The number of nitrogens with one attached hydrogen (secondary N) is 1. The number of piperazine rings is 1. The van der Waals surface area contributed by atoms with Crippen LogP contribution in [0.2, 0.25) is 0 Å². The summed E-state index contributed by atoms with van der Waals surface area (Å²) in [6.45, 7) is 4.03. The predicted molar refractivity (Wildman–Crippen MR) is 102 cm³/mol. The van der Waals surface area contributed by atoms with E-state index in [-0.39, 0.29) is 24.0 Å². The number of halogens is 4. The molecule has 2 aromatic rings. The number of nitrogens with zero attached hydrogens (tertiary/aromatic N) is 4. The molecule has 2 heterocycles. The van der Waals surface area contributed by atoms with Crippen molar-refractivity contribution in [2.24, 2.45) is 0 Å². The first-order valence-corrected chi connectivity index (χ1v) is 9.37. The second-order valence-electron chi connectivity index (χ2n) is 6.70. The van der Waals surface area contributed by atoms with Crippen molar-refractivity contribution in [1.82, 2.24) is 14.9 Å². The van der Waals surface area contributed by atoms with Crippen LogP contribution >= 0.6 is 0 Å². The second-order valence-corrected chi connectivity index (χ2v) is 6.70. The number of aryl methyl sites for hydroxylation is 1. The van der Waals surface area contributed by atoms with Gasteiger partial charge in [0, 0.05) is 31.9 Å². The van der Waals surface area contributed by atoms with Crippen molar-refractivity contribution >= 4 is 17.4 Å². The Labute approximate surface area is 170 Å². The molecule has 0 saturated carbocycles. The SMILES string of the molecule is CCc1ncnc(N2CCN(CC(=O)Nc3ccc(OC(F)(F)F)cc3)CC2)c1F. The van der Waals surface area contributed by atoms with Crippen LogP contribution in [0.4, 0.5) is 29.1 Å². The Morgan fingerprint density at radius 1 is 1.13 bits per heavy atom. The van der Waals surface area contributed by atoms with E-state index in [1.165, 1.54) is 18.5 Å². The number of benzene rings is 1. The van der Waals surface area contributed by atoms with Crippen LogP contribution in [0.5, 0.6) is 5.75 Å². The fourth-order valence-electron chi connectivity index (χ4n) is 3.12. The summed E-state index contributed by atoms with van der Waals surface area (Å²) in [4.78, 5) is 23.9. The summed E-state index contributed by atoms with van der Waals surface area (Å²) >= 11 is 0. The second kappa shape index (κ2) is 9.24. The van der Waals surface area contributed by atoms with E-state index in [0.717, 1.165) is 12.1 Å². The Morgan fingerprint density at radius 3 is 2.40 bits per heavy atom. The van der Waals surface area contributed by atoms with E-state index in [1.807, 2.05) is 16.7 Å². The molecular formula is C19H21F4N5O2. The number of alkyl halides is 3. The van der Waals surface area contributed by atoms with Gasteiger partial charge >= 0.3 is 6.36 Å². The third-order valence-corrected chi connectivity index (χ3v) is 4.59. The van der Waals surface area contributed by atoms with Crippen molar-refractivity contribution in [3.63, 3.8) is 0 Å². The first-order valence-electron chi connectivity index (χ1n) is 9.37. The molecule has 1 aliphatic rings. The molecule has 11 heteroatoms. The molecular weight excluding hydrogens is 406 g/mol. The van der Waals surface area contributed by atoms with Gasteiger partial charge in [0.1, 0.15) is 12.1 Å². The Kier molecular flexibility index (Phi) is 6.70. The molecule has 0 bridgehead atoms. The highest BCUT2D eigenvalue weighted by atomic mass is 19.4. The molecule has 1 N–H and O–H groups in total. The summed E-state index contributed by atoms with van der Waals surface area (Å²) in [7, 11) is 0. The van der Waals surface area contributed by atoms with Gasteiger partial charge in [-0.3, -0.25) is 9.69 Å². The van der Waals surface area contributed by atoms with E-state index < -0.39 is 12.2 Å². The maximum absolute atomic E-state index is 14.4. The maximum atomic E-state index is 14.4. The summed E-state index contributed by atoms with van der Waals surface area (Å²) < 4.78 is 54.7. The lowest BCUT2D eigenvalue weighted by atomic mass is 10.2. The molecule has 0 atom stereocenters. The molecule has 0 spiro atoms. The number of hydrogen-bond donors (Lipinski definition) is 1. The standard InChI is InChI=1S/C19H21F4N5O2/c1-2-15-17(20)18(25-12-24-15)28-9-7-27(8-10-28)11-16(29)26-13-3-5-14(6-4-13)30-19(21,22)23/h3-6,12H,2,7-11H2,1H3,(H,26,29). The van der Waals surface area contributed by atoms with Gasteiger partial charge in [-0.25, -0.2) is 14.4 Å². The first kappa shape index (κ1) is 21.8. The van der Waals surface area contributed by atoms with E-state index in [1.54, 1.807) is 0 Å². The van der Waals surface area contributed by atoms with Gasteiger partial charge in [-0.2, -0.15) is 0 Å². The first-order chi connectivity index (χ1) is 14.2. The number of hydrogen-bond acceptors (Lipinski definition) is 6. The Balaban J connectivity index is 1.49. The van der Waals surface area contributed by atoms with Crippen molar-refractivity contribution in [2.45, 2.75) is 19.7 Å². The van der Waals surface area contributed by atoms with Gasteiger partial charge in [0.05, 0.1) is 12.2 Å². The number of carbonyl (C=O) groups excluding carboxylic acids is 1. The minimum Gasteiger partial charge on any atom is -0.406 e. The van der Waals surface area contributed by atoms with Gasteiger partial charge in [0.15, 0.2) is 11.6 Å². The molecule has 162 valence electrons. The largest absolute Gasteiger partial charge is 0.573 e. The molecule has 0 aliphatic carbocycles. The van der Waals surface area contributed by atoms with Crippen molar-refractivity contribution in [3.8, 4) is 5.75 Å². The number of carbonyl (C=O) groups is 1. The van der Waals surface area contributed by atoms with Crippen LogP contribution in [0.1, 0.15) is 12.6 Å². The van der Waals surface area contributed by atoms with Crippen LogP contribution in [0, 0.1) is 5.82 Å². The Hall–Kier alpha value is -2.95. The number of rotatable bonds is 6. The summed E-state index contributed by atoms with van der Waals surface area (Å²) in [6, 6.07) is 4.92. The van der Waals surface area contributed by atoms with Gasteiger partial charge < -0.3 is 15.0 Å². The number of amides is 1. The van der Waals surface area contributed by atoms with Crippen molar-refractivity contribution in [3.05, 3.63) is 42.1 Å². The van der Waals surface area contributed by atoms with Crippen LogP contribution < -0.4 is 15.0 Å². The molecule has 1 fully saturated rings. The maximum Gasteiger partial charge on any atom is 0.573 e. The van der Waals surface area contributed by atoms with E-state index in [4.69, 9.17) is 0 Å². The highest BCUT2D eigenvalue weighted by Gasteiger charge is 2.31. The molecule has 3 rings (SSSR count). The van der Waals surface area contributed by atoms with Gasteiger partial charge in [-0.05, 0) is 30.7 Å². The summed E-state index contributed by atoms with van der Waals surface area (Å²) in [6.07, 6.45) is -2.94. The van der Waals surface area contributed by atoms with Crippen molar-refractivity contribution in [1.29, 1.82) is 0 Å². The lowest BCUT2D eigenvalue weighted by molar-refractivity contribution is -0.274. The third-order valence-electron chi connectivity index (χ3n) is 4.59. The van der Waals surface area contributed by atoms with Crippen LogP contribution in [-0.4, -0.2) is 59.9 Å². The van der Waals surface area contributed by atoms with E-state index >= 15 is 0 Å². The van der Waals surface area contributed by atoms with Gasteiger partial charge in [-0.15, -0.1) is 13.2 Å². The topological polar surface area (TPSA) is 70.6 Å². The van der Waals surface area contributed by atoms with Crippen molar-refractivity contribution < 1.29 is 27.1 Å². The average Bonchev–Trinajstić information content (AvgIpc) is 2.69. The zero-order valence-corrected chi connectivity index (χ0v) is 16.2. The fraction of sp³-hybridized carbons (Fsp3) is 0.421. The van der Waals surface area contributed by atoms with E-state index in [9.17, 15) is 22.4 Å². The molecule has 1 saturated heterocycles. The summed E-state index contributed by atoms with van der Waals surface area (Å²) in [5.41, 5.74) is 0.733. The van der Waals surface area contributed by atoms with Gasteiger partial charge in [-0.1, -0.05) is 6.92 Å². The minimum absolute atomic E-state index is 0.112. The Morgan fingerprint density at radius 2 is 1.80 bits per heavy atom. The number of ether oxygens (including phenoxy) is 1. The molecule has 1 aromatic heterocycles. The molecule has 7 nitrogen and oxygen atoms in total. The van der Waals surface area contributed by atoms with E-state index in [0.29, 0.717) is 44.0 Å². The van der Waals surface area contributed by atoms with Crippen LogP contribution in [-0.2, 0) is 11.2 Å². The molecule has 1 amide bonds. The van der Waals surface area contributed by atoms with Crippen LogP contribution in [0.15, 0.2) is 30.6 Å². The molecule has 0 unspecified atom stereocenters. The highest BCUT2D eigenvalue weighted by Crippen LogP contribution is 2.24. The van der Waals surface area contributed by atoms with Gasteiger partial charge in [0.2, 0.25) is 5.91 Å². The molecule has 1 aliphatic heterocycles. The zero-order chi connectivity index (χ0) is 21.7. The molecule has 30 heavy (non-hydrogen) atoms. The Bertz CT molecular complexity index is 868. The lowest BCUT2D eigenvalue weighted by Gasteiger charge is -2.35. The number of aromatic nitrogens is 2. The monoisotopic (exact) mass is 427 g/mol. The quantitative estimate of drug-likeness (QED) is 0.715. The average molecular weight is 427 g/mol. The minimum atomic E-state index is -4.76. The van der Waals surface area contributed by atoms with Crippen LogP contribution in [0.25, 0.3) is 0 Å². The van der Waals surface area contributed by atoms with E-state index in [2.05, 4.69) is 20.0 Å². The zero-order valence-electron chi connectivity index (χ0n) is 16.2. The fourth-order valence-corrected chi connectivity index (χ4v) is 3.12. The lowest BCUT2D eigenvalue weighted by Crippen LogP contribution is -2.49. The summed E-state index contributed by atoms with van der Waals surface area (Å²) in [5, 5.41) is 2.63. The van der Waals surface area contributed by atoms with Gasteiger partial charge in [0.25, 0.3) is 0 Å². The smallest absolute Gasteiger partial charge is 0.406 e. The molecule has 1 aromatic carbocycles. The normalized spacial score (nSPS) is 15.2. The summed E-state index contributed by atoms with van der Waals surface area (Å²) in [5.74, 6) is -0.800. The predicted octanol–water partition coefficient (Wildman–Crippen LogP) is 2.84. The van der Waals surface area contributed by atoms with Crippen LogP contribution in [0.3, 0.4) is 0 Å². The third kappa shape index (κ3) is 5.78. The molecule has 0 radical (unpaired) electrons. The van der Waals surface area contributed by atoms with Crippen molar-refractivity contribution in [2.75, 3.05) is 42.9 Å². The highest BCUT2D eigenvalue weighted by molar-refractivity contribution is 5.92.